The Morgan fingerprint density at radius 2 is 1.96 bits per heavy atom. The van der Waals surface area contributed by atoms with Gasteiger partial charge in [-0.1, -0.05) is 37.5 Å². The molecule has 6 nitrogen and oxygen atoms in total. The number of carbonyl (C=O) groups is 2. The summed E-state index contributed by atoms with van der Waals surface area (Å²) in [6.45, 7) is 5.45. The van der Waals surface area contributed by atoms with Gasteiger partial charge in [0.15, 0.2) is 11.5 Å². The summed E-state index contributed by atoms with van der Waals surface area (Å²) in [7, 11) is 3.08. The molecule has 148 valence electrons. The predicted octanol–water partition coefficient (Wildman–Crippen LogP) is 3.23. The van der Waals surface area contributed by atoms with E-state index in [1.54, 1.807) is 31.4 Å². The molecule has 0 radical (unpaired) electrons. The number of amides is 2. The lowest BCUT2D eigenvalue weighted by molar-refractivity contribution is -0.139. The number of rotatable bonds is 8. The lowest BCUT2D eigenvalue weighted by atomic mass is 9.94. The fourth-order valence-electron chi connectivity index (χ4n) is 3.66. The van der Waals surface area contributed by atoms with E-state index in [1.807, 2.05) is 0 Å². The first-order chi connectivity index (χ1) is 13.0. The summed E-state index contributed by atoms with van der Waals surface area (Å²) in [5.74, 6) is 0.570. The highest BCUT2D eigenvalue weighted by atomic mass is 16.5. The average molecular weight is 374 g/mol. The van der Waals surface area contributed by atoms with Gasteiger partial charge in [0.2, 0.25) is 11.8 Å². The SMILES string of the molecule is C=CCN(C(C)=O)C(C(=O)NC1CCCCC1)c1cccc(OC)c1OC. The second-order valence-corrected chi connectivity index (χ2v) is 6.79. The third-order valence-corrected chi connectivity index (χ3v) is 4.97. The molecular weight excluding hydrogens is 344 g/mol. The van der Waals surface area contributed by atoms with Crippen molar-refractivity contribution in [1.29, 1.82) is 0 Å². The number of carbonyl (C=O) groups excluding carboxylic acids is 2. The van der Waals surface area contributed by atoms with Gasteiger partial charge in [0.25, 0.3) is 0 Å². The minimum atomic E-state index is -0.813. The molecule has 2 rings (SSSR count). The molecule has 1 unspecified atom stereocenters. The van der Waals surface area contributed by atoms with Gasteiger partial charge < -0.3 is 19.7 Å². The molecule has 1 fully saturated rings. The van der Waals surface area contributed by atoms with E-state index in [0.29, 0.717) is 17.1 Å². The van der Waals surface area contributed by atoms with Gasteiger partial charge in [-0.15, -0.1) is 6.58 Å². The minimum absolute atomic E-state index is 0.142. The van der Waals surface area contributed by atoms with Crippen LogP contribution in [-0.4, -0.2) is 43.5 Å². The van der Waals surface area contributed by atoms with E-state index in [9.17, 15) is 9.59 Å². The Labute approximate surface area is 161 Å². The van der Waals surface area contributed by atoms with Crippen molar-refractivity contribution in [2.75, 3.05) is 20.8 Å². The van der Waals surface area contributed by atoms with Crippen LogP contribution in [0, 0.1) is 0 Å². The van der Waals surface area contributed by atoms with E-state index < -0.39 is 6.04 Å². The molecule has 2 amide bonds. The highest BCUT2D eigenvalue weighted by Gasteiger charge is 2.33. The van der Waals surface area contributed by atoms with E-state index >= 15 is 0 Å². The maximum atomic E-state index is 13.3. The van der Waals surface area contributed by atoms with E-state index in [4.69, 9.17) is 9.47 Å². The van der Waals surface area contributed by atoms with Gasteiger partial charge in [0.05, 0.1) is 14.2 Å². The van der Waals surface area contributed by atoms with Gasteiger partial charge in [0.1, 0.15) is 6.04 Å². The number of ether oxygens (including phenoxy) is 2. The molecule has 1 aromatic rings. The van der Waals surface area contributed by atoms with Gasteiger partial charge in [-0.05, 0) is 18.9 Å². The molecule has 1 aliphatic carbocycles. The molecule has 1 N–H and O–H groups in total. The third kappa shape index (κ3) is 5.02. The van der Waals surface area contributed by atoms with Crippen LogP contribution in [0.5, 0.6) is 11.5 Å². The zero-order valence-electron chi connectivity index (χ0n) is 16.5. The normalized spacial score (nSPS) is 15.5. The predicted molar refractivity (Wildman–Crippen MR) is 105 cm³/mol. The fourth-order valence-corrected chi connectivity index (χ4v) is 3.66. The van der Waals surface area contributed by atoms with E-state index in [0.717, 1.165) is 25.7 Å². The number of hydrogen-bond acceptors (Lipinski definition) is 4. The monoisotopic (exact) mass is 374 g/mol. The fraction of sp³-hybridized carbons (Fsp3) is 0.524. The van der Waals surface area contributed by atoms with Crippen molar-refractivity contribution in [3.05, 3.63) is 36.4 Å². The maximum absolute atomic E-state index is 13.3. The first kappa shape index (κ1) is 20.8. The lowest BCUT2D eigenvalue weighted by Gasteiger charge is -2.33. The summed E-state index contributed by atoms with van der Waals surface area (Å²) in [5.41, 5.74) is 0.599. The molecule has 27 heavy (non-hydrogen) atoms. The van der Waals surface area contributed by atoms with Crippen molar-refractivity contribution >= 4 is 11.8 Å². The van der Waals surface area contributed by atoms with Crippen LogP contribution in [0.15, 0.2) is 30.9 Å². The summed E-state index contributed by atoms with van der Waals surface area (Å²) in [6, 6.07) is 4.69. The number of methoxy groups -OCH3 is 2. The van der Waals surface area contributed by atoms with E-state index in [-0.39, 0.29) is 24.4 Å². The zero-order chi connectivity index (χ0) is 19.8. The Bertz CT molecular complexity index is 668. The largest absolute Gasteiger partial charge is 0.493 e. The summed E-state index contributed by atoms with van der Waals surface area (Å²) in [5, 5.41) is 3.14. The van der Waals surface area contributed by atoms with Crippen molar-refractivity contribution in [2.45, 2.75) is 51.1 Å². The second-order valence-electron chi connectivity index (χ2n) is 6.79. The summed E-state index contributed by atoms with van der Waals surface area (Å²) in [4.78, 5) is 27.1. The van der Waals surface area contributed by atoms with Crippen molar-refractivity contribution in [1.82, 2.24) is 10.2 Å². The molecule has 1 aromatic carbocycles. The highest BCUT2D eigenvalue weighted by Crippen LogP contribution is 2.37. The number of nitrogens with zero attached hydrogens (tertiary/aromatic N) is 1. The van der Waals surface area contributed by atoms with Crippen LogP contribution in [-0.2, 0) is 9.59 Å². The van der Waals surface area contributed by atoms with Crippen LogP contribution in [0.3, 0.4) is 0 Å². The first-order valence-corrected chi connectivity index (χ1v) is 9.42. The van der Waals surface area contributed by atoms with Gasteiger partial charge >= 0.3 is 0 Å². The zero-order valence-corrected chi connectivity index (χ0v) is 16.5. The molecule has 0 saturated heterocycles. The number of nitrogens with one attached hydrogen (secondary N) is 1. The Morgan fingerprint density at radius 3 is 2.52 bits per heavy atom. The van der Waals surface area contributed by atoms with Gasteiger partial charge in [-0.2, -0.15) is 0 Å². The Hall–Kier alpha value is -2.50. The Morgan fingerprint density at radius 1 is 1.26 bits per heavy atom. The maximum Gasteiger partial charge on any atom is 0.247 e. The van der Waals surface area contributed by atoms with Crippen molar-refractivity contribution in [3.8, 4) is 11.5 Å². The van der Waals surface area contributed by atoms with Gasteiger partial charge in [-0.3, -0.25) is 9.59 Å². The van der Waals surface area contributed by atoms with Gasteiger partial charge in [0, 0.05) is 25.1 Å². The molecule has 0 spiro atoms. The third-order valence-electron chi connectivity index (χ3n) is 4.97. The average Bonchev–Trinajstić information content (AvgIpc) is 2.67. The quantitative estimate of drug-likeness (QED) is 0.710. The molecule has 0 bridgehead atoms. The van der Waals surface area contributed by atoms with Crippen LogP contribution in [0.25, 0.3) is 0 Å². The molecule has 1 aliphatic rings. The van der Waals surface area contributed by atoms with E-state index in [1.165, 1.54) is 25.4 Å². The van der Waals surface area contributed by atoms with Crippen molar-refractivity contribution in [3.63, 3.8) is 0 Å². The standard InChI is InChI=1S/C21H30N2O4/c1-5-14-23(15(2)24)19(21(25)22-16-10-7-6-8-11-16)17-12-9-13-18(26-3)20(17)27-4/h5,9,12-13,16,19H,1,6-8,10-11,14H2,2-4H3,(H,22,25). The first-order valence-electron chi connectivity index (χ1n) is 9.42. The Balaban J connectivity index is 2.44. The van der Waals surface area contributed by atoms with E-state index in [2.05, 4.69) is 11.9 Å². The summed E-state index contributed by atoms with van der Waals surface area (Å²) >= 11 is 0. The van der Waals surface area contributed by atoms with Crippen LogP contribution < -0.4 is 14.8 Å². The lowest BCUT2D eigenvalue weighted by Crippen LogP contribution is -2.46. The molecule has 0 aromatic heterocycles. The highest BCUT2D eigenvalue weighted by molar-refractivity contribution is 5.89. The number of para-hydroxylation sites is 1. The second kappa shape index (κ2) is 10.00. The molecule has 0 heterocycles. The Kier molecular flexibility index (Phi) is 7.70. The topological polar surface area (TPSA) is 67.9 Å². The van der Waals surface area contributed by atoms with Crippen molar-refractivity contribution in [2.24, 2.45) is 0 Å². The van der Waals surface area contributed by atoms with Crippen LogP contribution >= 0.6 is 0 Å². The number of hydrogen-bond donors (Lipinski definition) is 1. The molecule has 1 atom stereocenters. The van der Waals surface area contributed by atoms with Crippen molar-refractivity contribution < 1.29 is 19.1 Å². The van der Waals surface area contributed by atoms with Crippen LogP contribution in [0.4, 0.5) is 0 Å². The molecular formula is C21H30N2O4. The summed E-state index contributed by atoms with van der Waals surface area (Å²) < 4.78 is 10.9. The molecule has 6 heteroatoms. The molecule has 1 saturated carbocycles. The minimum Gasteiger partial charge on any atom is -0.493 e. The van der Waals surface area contributed by atoms with Gasteiger partial charge in [-0.25, -0.2) is 0 Å². The smallest absolute Gasteiger partial charge is 0.247 e. The van der Waals surface area contributed by atoms with Crippen LogP contribution in [0.2, 0.25) is 0 Å². The number of benzene rings is 1. The summed E-state index contributed by atoms with van der Waals surface area (Å²) in [6.07, 6.45) is 6.98. The van der Waals surface area contributed by atoms with Crippen LogP contribution in [0.1, 0.15) is 50.6 Å². The molecule has 0 aliphatic heterocycles.